The summed E-state index contributed by atoms with van der Waals surface area (Å²) in [6.07, 6.45) is -1.70. The second kappa shape index (κ2) is 7.47. The van der Waals surface area contributed by atoms with Crippen molar-refractivity contribution in [1.29, 1.82) is 0 Å². The molecule has 2 N–H and O–H groups in total. The van der Waals surface area contributed by atoms with Crippen molar-refractivity contribution in [3.63, 3.8) is 0 Å². The van der Waals surface area contributed by atoms with Crippen molar-refractivity contribution in [1.82, 2.24) is 10.2 Å². The van der Waals surface area contributed by atoms with Crippen molar-refractivity contribution in [3.05, 3.63) is 0 Å². The van der Waals surface area contributed by atoms with Gasteiger partial charge in [-0.2, -0.15) is 13.2 Å². The molecule has 0 aliphatic carbocycles. The lowest BCUT2D eigenvalue weighted by Crippen LogP contribution is -2.41. The van der Waals surface area contributed by atoms with Gasteiger partial charge in [0.15, 0.2) is 5.92 Å². The number of likely N-dealkylation sites (tertiary alicyclic amines) is 1. The fourth-order valence-corrected chi connectivity index (χ4v) is 2.09. The average Bonchev–Trinajstić information content (AvgIpc) is 2.37. The number of rotatable bonds is 6. The molecule has 1 rings (SSSR count). The molecule has 20 heavy (non-hydrogen) atoms. The number of carboxylic acids is 1. The predicted octanol–water partition coefficient (Wildman–Crippen LogP) is 1.24. The molecule has 8 heteroatoms. The largest absolute Gasteiger partial charge is 0.481 e. The molecule has 0 radical (unpaired) electrons. The van der Waals surface area contributed by atoms with Crippen LogP contribution in [0.15, 0.2) is 0 Å². The van der Waals surface area contributed by atoms with Crippen LogP contribution in [-0.2, 0) is 9.59 Å². The summed E-state index contributed by atoms with van der Waals surface area (Å²) in [5, 5.41) is 10.9. The van der Waals surface area contributed by atoms with Crippen LogP contribution in [0.3, 0.4) is 0 Å². The van der Waals surface area contributed by atoms with E-state index in [1.807, 2.05) is 0 Å². The van der Waals surface area contributed by atoms with E-state index in [0.717, 1.165) is 19.3 Å². The van der Waals surface area contributed by atoms with Crippen LogP contribution < -0.4 is 5.32 Å². The molecule has 1 heterocycles. The molecule has 1 saturated heterocycles. The van der Waals surface area contributed by atoms with Crippen LogP contribution in [0.5, 0.6) is 0 Å². The number of nitrogens with one attached hydrogen (secondary N) is 1. The zero-order valence-electron chi connectivity index (χ0n) is 11.1. The van der Waals surface area contributed by atoms with E-state index in [-0.39, 0.29) is 18.9 Å². The van der Waals surface area contributed by atoms with E-state index in [1.165, 1.54) is 0 Å². The predicted molar refractivity (Wildman–Crippen MR) is 65.1 cm³/mol. The molecule has 116 valence electrons. The Morgan fingerprint density at radius 3 is 2.30 bits per heavy atom. The fourth-order valence-electron chi connectivity index (χ4n) is 2.09. The minimum Gasteiger partial charge on any atom is -0.481 e. The average molecular weight is 296 g/mol. The Balaban J connectivity index is 2.26. The van der Waals surface area contributed by atoms with Crippen LogP contribution in [0.25, 0.3) is 0 Å². The first-order valence-corrected chi connectivity index (χ1v) is 6.60. The second-order valence-electron chi connectivity index (χ2n) is 4.83. The molecule has 0 saturated carbocycles. The summed E-state index contributed by atoms with van der Waals surface area (Å²) in [5.74, 6) is -4.45. The lowest BCUT2D eigenvalue weighted by molar-refractivity contribution is -0.192. The van der Waals surface area contributed by atoms with Crippen molar-refractivity contribution in [3.8, 4) is 0 Å². The number of alkyl halides is 3. The quantitative estimate of drug-likeness (QED) is 0.724. The van der Waals surface area contributed by atoms with Gasteiger partial charge in [0.2, 0.25) is 5.91 Å². The maximum Gasteiger partial charge on any atom is 0.403 e. The van der Waals surface area contributed by atoms with Gasteiger partial charge in [0.05, 0.1) is 0 Å². The Hall–Kier alpha value is -1.31. The summed E-state index contributed by atoms with van der Waals surface area (Å²) >= 11 is 0. The first kappa shape index (κ1) is 16.7. The molecule has 1 aliphatic rings. The van der Waals surface area contributed by atoms with E-state index < -0.39 is 24.6 Å². The Kier molecular flexibility index (Phi) is 6.25. The van der Waals surface area contributed by atoms with Crippen LogP contribution in [0.1, 0.15) is 25.7 Å². The molecule has 1 amide bonds. The Morgan fingerprint density at radius 1 is 1.20 bits per heavy atom. The number of aliphatic carboxylic acids is 1. The summed E-state index contributed by atoms with van der Waals surface area (Å²) in [7, 11) is 0. The molecule has 0 aromatic rings. The standard InChI is InChI=1S/C12H19F3N2O3/c13-12(14,15)9(11(19)20)8-16-5-4-10(18)17-6-2-1-3-7-17/h9,16H,1-8H2,(H,19,20). The Labute approximate surface area is 115 Å². The van der Waals surface area contributed by atoms with Crippen molar-refractivity contribution < 1.29 is 27.9 Å². The van der Waals surface area contributed by atoms with E-state index in [0.29, 0.717) is 13.1 Å². The van der Waals surface area contributed by atoms with Gasteiger partial charge in [-0.05, 0) is 19.3 Å². The first-order valence-electron chi connectivity index (χ1n) is 6.60. The van der Waals surface area contributed by atoms with Gasteiger partial charge in [0.1, 0.15) is 0 Å². The van der Waals surface area contributed by atoms with Crippen LogP contribution >= 0.6 is 0 Å². The summed E-state index contributed by atoms with van der Waals surface area (Å²) in [5.41, 5.74) is 0. The zero-order chi connectivity index (χ0) is 15.2. The summed E-state index contributed by atoms with van der Waals surface area (Å²) in [6, 6.07) is 0. The summed E-state index contributed by atoms with van der Waals surface area (Å²) in [6.45, 7) is 0.722. The minimum atomic E-state index is -4.78. The first-order chi connectivity index (χ1) is 9.32. The van der Waals surface area contributed by atoms with Crippen molar-refractivity contribution >= 4 is 11.9 Å². The summed E-state index contributed by atoms with van der Waals surface area (Å²) in [4.78, 5) is 23.9. The highest BCUT2D eigenvalue weighted by molar-refractivity contribution is 5.76. The molecule has 1 unspecified atom stereocenters. The third-order valence-electron chi connectivity index (χ3n) is 3.27. The SMILES string of the molecule is O=C(O)C(CNCCC(=O)N1CCCCC1)C(F)(F)F. The topological polar surface area (TPSA) is 69.6 Å². The molecule has 1 aliphatic heterocycles. The van der Waals surface area contributed by atoms with Crippen molar-refractivity contribution in [2.45, 2.75) is 31.9 Å². The third kappa shape index (κ3) is 5.36. The number of hydrogen-bond donors (Lipinski definition) is 2. The van der Waals surface area contributed by atoms with Gasteiger partial charge in [-0.15, -0.1) is 0 Å². The number of carbonyl (C=O) groups is 2. The highest BCUT2D eigenvalue weighted by Gasteiger charge is 2.44. The van der Waals surface area contributed by atoms with Crippen LogP contribution in [0.4, 0.5) is 13.2 Å². The number of hydrogen-bond acceptors (Lipinski definition) is 3. The van der Waals surface area contributed by atoms with Crippen LogP contribution in [0.2, 0.25) is 0 Å². The molecule has 5 nitrogen and oxygen atoms in total. The Morgan fingerprint density at radius 2 is 1.80 bits per heavy atom. The number of carbonyl (C=O) groups excluding carboxylic acids is 1. The molecule has 0 aromatic carbocycles. The minimum absolute atomic E-state index is 0.0508. The van der Waals surface area contributed by atoms with Gasteiger partial charge in [-0.1, -0.05) is 0 Å². The van der Waals surface area contributed by atoms with Crippen molar-refractivity contribution in [2.24, 2.45) is 5.92 Å². The lowest BCUT2D eigenvalue weighted by Gasteiger charge is -2.26. The van der Waals surface area contributed by atoms with E-state index >= 15 is 0 Å². The fraction of sp³-hybridized carbons (Fsp3) is 0.833. The maximum absolute atomic E-state index is 12.4. The monoisotopic (exact) mass is 296 g/mol. The highest BCUT2D eigenvalue weighted by atomic mass is 19.4. The van der Waals surface area contributed by atoms with Gasteiger partial charge in [0.25, 0.3) is 0 Å². The molecular formula is C12H19F3N2O3. The molecule has 1 fully saturated rings. The summed E-state index contributed by atoms with van der Waals surface area (Å²) < 4.78 is 37.1. The van der Waals surface area contributed by atoms with Gasteiger partial charge in [-0.25, -0.2) is 0 Å². The number of nitrogens with zero attached hydrogens (tertiary/aromatic N) is 1. The van der Waals surface area contributed by atoms with Gasteiger partial charge >= 0.3 is 12.1 Å². The van der Waals surface area contributed by atoms with E-state index in [1.54, 1.807) is 4.90 Å². The van der Waals surface area contributed by atoms with Gasteiger partial charge < -0.3 is 15.3 Å². The van der Waals surface area contributed by atoms with E-state index in [9.17, 15) is 22.8 Å². The van der Waals surface area contributed by atoms with E-state index in [4.69, 9.17) is 5.11 Å². The highest BCUT2D eigenvalue weighted by Crippen LogP contribution is 2.25. The second-order valence-corrected chi connectivity index (χ2v) is 4.83. The third-order valence-corrected chi connectivity index (χ3v) is 3.27. The van der Waals surface area contributed by atoms with Crippen molar-refractivity contribution in [2.75, 3.05) is 26.2 Å². The normalized spacial score (nSPS) is 17.9. The number of halogens is 3. The van der Waals surface area contributed by atoms with Gasteiger partial charge in [0, 0.05) is 32.6 Å². The zero-order valence-corrected chi connectivity index (χ0v) is 11.1. The number of carboxylic acid groups (broad SMARTS) is 1. The molecule has 0 bridgehead atoms. The molecule has 1 atom stereocenters. The lowest BCUT2D eigenvalue weighted by atomic mass is 10.1. The number of piperidine rings is 1. The van der Waals surface area contributed by atoms with Gasteiger partial charge in [-0.3, -0.25) is 9.59 Å². The Bertz CT molecular complexity index is 341. The maximum atomic E-state index is 12.4. The smallest absolute Gasteiger partial charge is 0.403 e. The van der Waals surface area contributed by atoms with E-state index in [2.05, 4.69) is 5.32 Å². The molecular weight excluding hydrogens is 277 g/mol. The molecule has 0 aromatic heterocycles. The number of amides is 1. The van der Waals surface area contributed by atoms with Crippen LogP contribution in [-0.4, -0.2) is 54.2 Å². The molecule has 0 spiro atoms. The van der Waals surface area contributed by atoms with Crippen LogP contribution in [0, 0.1) is 5.92 Å².